The Hall–Kier alpha value is -1.50. The molecule has 0 aromatic rings. The standard InChI is InChI=1S/C14H20N2O2/c1-10(2)11-6-7-13(3)14(11,4)16(9-5-8-15)12(17)18-13/h11H,1,5-7,9H2,2-4H3. The van der Waals surface area contributed by atoms with Crippen molar-refractivity contribution in [3.8, 4) is 6.07 Å². The predicted molar refractivity (Wildman–Crippen MR) is 67.8 cm³/mol. The van der Waals surface area contributed by atoms with Crippen LogP contribution in [0, 0.1) is 17.2 Å². The molecular weight excluding hydrogens is 228 g/mol. The second-order valence-electron chi connectivity index (χ2n) is 5.74. The highest BCUT2D eigenvalue weighted by atomic mass is 16.6. The normalized spacial score (nSPS) is 38.2. The van der Waals surface area contributed by atoms with Crippen LogP contribution in [0.1, 0.15) is 40.0 Å². The highest BCUT2D eigenvalue weighted by Gasteiger charge is 2.66. The summed E-state index contributed by atoms with van der Waals surface area (Å²) in [6.07, 6.45) is 1.89. The van der Waals surface area contributed by atoms with Crippen molar-refractivity contribution >= 4 is 6.09 Å². The van der Waals surface area contributed by atoms with E-state index in [1.807, 2.05) is 13.8 Å². The minimum atomic E-state index is -0.455. The van der Waals surface area contributed by atoms with Gasteiger partial charge in [0, 0.05) is 12.5 Å². The summed E-state index contributed by atoms with van der Waals surface area (Å²) >= 11 is 0. The highest BCUT2D eigenvalue weighted by Crippen LogP contribution is 2.55. The number of carbonyl (C=O) groups excluding carboxylic acids is 1. The highest BCUT2D eigenvalue weighted by molar-refractivity contribution is 5.73. The lowest BCUT2D eigenvalue weighted by Crippen LogP contribution is -2.55. The quantitative estimate of drug-likeness (QED) is 0.722. The number of fused-ring (bicyclic) bond motifs is 1. The van der Waals surface area contributed by atoms with Gasteiger partial charge in [-0.3, -0.25) is 4.90 Å². The summed E-state index contributed by atoms with van der Waals surface area (Å²) in [5.41, 5.74) is 0.261. The zero-order valence-electron chi connectivity index (χ0n) is 11.3. The van der Waals surface area contributed by atoms with Gasteiger partial charge in [0.15, 0.2) is 0 Å². The molecule has 3 unspecified atom stereocenters. The van der Waals surface area contributed by atoms with Crippen molar-refractivity contribution in [2.75, 3.05) is 6.54 Å². The SMILES string of the molecule is C=C(C)C1CCC2(C)OC(=O)N(CCC#N)C12C. The molecule has 0 aromatic heterocycles. The van der Waals surface area contributed by atoms with E-state index in [2.05, 4.69) is 19.6 Å². The van der Waals surface area contributed by atoms with E-state index in [0.717, 1.165) is 18.4 Å². The van der Waals surface area contributed by atoms with Gasteiger partial charge in [-0.15, -0.1) is 0 Å². The van der Waals surface area contributed by atoms with Gasteiger partial charge in [-0.25, -0.2) is 4.79 Å². The average molecular weight is 248 g/mol. The minimum absolute atomic E-state index is 0.243. The molecule has 0 bridgehead atoms. The maximum Gasteiger partial charge on any atom is 0.411 e. The molecule has 0 spiro atoms. The molecule has 1 aliphatic carbocycles. The molecule has 1 aliphatic heterocycles. The lowest BCUT2D eigenvalue weighted by atomic mass is 9.76. The molecule has 0 aromatic carbocycles. The maximum absolute atomic E-state index is 12.0. The second kappa shape index (κ2) is 4.01. The van der Waals surface area contributed by atoms with Crippen molar-refractivity contribution in [2.45, 2.75) is 51.2 Å². The van der Waals surface area contributed by atoms with E-state index < -0.39 is 5.60 Å². The van der Waals surface area contributed by atoms with Gasteiger partial charge in [0.1, 0.15) is 5.60 Å². The van der Waals surface area contributed by atoms with Gasteiger partial charge in [0.2, 0.25) is 0 Å². The molecule has 1 heterocycles. The molecule has 4 nitrogen and oxygen atoms in total. The van der Waals surface area contributed by atoms with Crippen molar-refractivity contribution in [3.05, 3.63) is 12.2 Å². The Balaban J connectivity index is 2.39. The van der Waals surface area contributed by atoms with E-state index >= 15 is 0 Å². The van der Waals surface area contributed by atoms with Crippen LogP contribution in [0.5, 0.6) is 0 Å². The number of hydrogen-bond acceptors (Lipinski definition) is 3. The van der Waals surface area contributed by atoms with Crippen LogP contribution in [0.15, 0.2) is 12.2 Å². The van der Waals surface area contributed by atoms with E-state index in [1.54, 1.807) is 4.90 Å². The van der Waals surface area contributed by atoms with Gasteiger partial charge in [0.25, 0.3) is 0 Å². The molecule has 2 fully saturated rings. The number of carbonyl (C=O) groups is 1. The minimum Gasteiger partial charge on any atom is -0.441 e. The Morgan fingerprint density at radius 1 is 1.67 bits per heavy atom. The van der Waals surface area contributed by atoms with Crippen molar-refractivity contribution in [3.63, 3.8) is 0 Å². The van der Waals surface area contributed by atoms with Crippen molar-refractivity contribution in [2.24, 2.45) is 5.92 Å². The number of nitrogens with zero attached hydrogens (tertiary/aromatic N) is 2. The van der Waals surface area contributed by atoms with Gasteiger partial charge in [-0.05, 0) is 33.6 Å². The van der Waals surface area contributed by atoms with Crippen LogP contribution >= 0.6 is 0 Å². The molecule has 3 atom stereocenters. The Morgan fingerprint density at radius 2 is 2.33 bits per heavy atom. The molecule has 0 radical (unpaired) electrons. The zero-order valence-corrected chi connectivity index (χ0v) is 11.3. The Bertz CT molecular complexity index is 440. The van der Waals surface area contributed by atoms with E-state index in [4.69, 9.17) is 10.00 Å². The fourth-order valence-electron chi connectivity index (χ4n) is 3.60. The molecule has 0 N–H and O–H groups in total. The van der Waals surface area contributed by atoms with E-state index in [1.165, 1.54) is 0 Å². The summed E-state index contributed by atoms with van der Waals surface area (Å²) in [5, 5.41) is 8.73. The third kappa shape index (κ3) is 1.46. The molecule has 18 heavy (non-hydrogen) atoms. The first-order chi connectivity index (χ1) is 8.37. The number of rotatable bonds is 3. The number of amides is 1. The van der Waals surface area contributed by atoms with Crippen LogP contribution in [0.4, 0.5) is 4.79 Å². The predicted octanol–water partition coefficient (Wildman–Crippen LogP) is 2.86. The van der Waals surface area contributed by atoms with Gasteiger partial charge in [-0.1, -0.05) is 12.2 Å². The topological polar surface area (TPSA) is 53.3 Å². The fourth-order valence-corrected chi connectivity index (χ4v) is 3.60. The third-order valence-electron chi connectivity index (χ3n) is 4.80. The van der Waals surface area contributed by atoms with E-state index in [-0.39, 0.29) is 17.6 Å². The molecule has 1 amide bonds. The van der Waals surface area contributed by atoms with Gasteiger partial charge in [0.05, 0.1) is 18.0 Å². The maximum atomic E-state index is 12.0. The first-order valence-electron chi connectivity index (χ1n) is 6.40. The van der Waals surface area contributed by atoms with Crippen LogP contribution in [0.2, 0.25) is 0 Å². The van der Waals surface area contributed by atoms with Gasteiger partial charge >= 0.3 is 6.09 Å². The average Bonchev–Trinajstić information content (AvgIpc) is 2.61. The Labute approximate surface area is 108 Å². The third-order valence-corrected chi connectivity index (χ3v) is 4.80. The van der Waals surface area contributed by atoms with Crippen LogP contribution in [0.3, 0.4) is 0 Å². The summed E-state index contributed by atoms with van der Waals surface area (Å²) in [5.74, 6) is 0.243. The summed E-state index contributed by atoms with van der Waals surface area (Å²) in [7, 11) is 0. The Morgan fingerprint density at radius 3 is 2.89 bits per heavy atom. The Kier molecular flexibility index (Phi) is 2.89. The number of nitriles is 1. The molecular formula is C14H20N2O2. The fraction of sp³-hybridized carbons (Fsp3) is 0.714. The first kappa shape index (κ1) is 12.9. The lowest BCUT2D eigenvalue weighted by Gasteiger charge is -2.41. The smallest absolute Gasteiger partial charge is 0.411 e. The lowest BCUT2D eigenvalue weighted by molar-refractivity contribution is 0.0227. The summed E-state index contributed by atoms with van der Waals surface area (Å²) < 4.78 is 5.60. The van der Waals surface area contributed by atoms with Crippen molar-refractivity contribution < 1.29 is 9.53 Å². The molecule has 1 saturated heterocycles. The van der Waals surface area contributed by atoms with E-state index in [9.17, 15) is 4.79 Å². The van der Waals surface area contributed by atoms with Crippen molar-refractivity contribution in [1.82, 2.24) is 4.90 Å². The first-order valence-corrected chi connectivity index (χ1v) is 6.40. The van der Waals surface area contributed by atoms with Crippen molar-refractivity contribution in [1.29, 1.82) is 5.26 Å². The van der Waals surface area contributed by atoms with Gasteiger partial charge in [-0.2, -0.15) is 5.26 Å². The molecule has 1 saturated carbocycles. The summed E-state index contributed by atoms with van der Waals surface area (Å²) in [6.45, 7) is 10.6. The molecule has 98 valence electrons. The van der Waals surface area contributed by atoms with Crippen LogP contribution in [-0.4, -0.2) is 28.7 Å². The van der Waals surface area contributed by atoms with Crippen LogP contribution in [0.25, 0.3) is 0 Å². The van der Waals surface area contributed by atoms with Crippen LogP contribution < -0.4 is 0 Å². The summed E-state index contributed by atoms with van der Waals surface area (Å²) in [4.78, 5) is 13.8. The summed E-state index contributed by atoms with van der Waals surface area (Å²) in [6, 6.07) is 2.10. The monoisotopic (exact) mass is 248 g/mol. The molecule has 2 rings (SSSR count). The number of ether oxygens (including phenoxy) is 1. The largest absolute Gasteiger partial charge is 0.441 e. The van der Waals surface area contributed by atoms with E-state index in [0.29, 0.717) is 13.0 Å². The number of hydrogen-bond donors (Lipinski definition) is 0. The second-order valence-corrected chi connectivity index (χ2v) is 5.74. The molecule has 4 heteroatoms. The van der Waals surface area contributed by atoms with Gasteiger partial charge < -0.3 is 4.74 Å². The zero-order chi connectivity index (χ0) is 13.6. The molecule has 2 aliphatic rings. The van der Waals surface area contributed by atoms with Crippen LogP contribution in [-0.2, 0) is 4.74 Å².